The summed E-state index contributed by atoms with van der Waals surface area (Å²) in [5, 5.41) is 2.62. The number of rotatable bonds is 5. The second-order valence-electron chi connectivity index (χ2n) is 4.34. The summed E-state index contributed by atoms with van der Waals surface area (Å²) in [6.07, 6.45) is 0.348. The van der Waals surface area contributed by atoms with Crippen molar-refractivity contribution in [2.45, 2.75) is 12.5 Å². The van der Waals surface area contributed by atoms with E-state index in [1.165, 1.54) is 13.2 Å². The summed E-state index contributed by atoms with van der Waals surface area (Å²) in [5.41, 5.74) is 0.925. The quantitative estimate of drug-likeness (QED) is 0.840. The molecule has 0 bridgehead atoms. The van der Waals surface area contributed by atoms with Crippen LogP contribution < -0.4 is 5.32 Å². The third kappa shape index (κ3) is 4.19. The van der Waals surface area contributed by atoms with Crippen molar-refractivity contribution in [1.29, 1.82) is 0 Å². The Labute approximate surface area is 130 Å². The van der Waals surface area contributed by atoms with E-state index in [2.05, 4.69) is 21.2 Å². The van der Waals surface area contributed by atoms with E-state index in [-0.39, 0.29) is 5.76 Å². The minimum Gasteiger partial charge on any atom is -0.467 e. The zero-order valence-corrected chi connectivity index (χ0v) is 12.9. The van der Waals surface area contributed by atoms with Crippen LogP contribution in [0.25, 0.3) is 0 Å². The fourth-order valence-corrected chi connectivity index (χ4v) is 2.16. The Bertz CT molecular complexity index is 624. The van der Waals surface area contributed by atoms with Crippen LogP contribution in [0, 0.1) is 0 Å². The molecule has 0 radical (unpaired) electrons. The number of ether oxygens (including phenoxy) is 1. The first kappa shape index (κ1) is 15.3. The van der Waals surface area contributed by atoms with Crippen LogP contribution in [-0.4, -0.2) is 25.0 Å². The van der Waals surface area contributed by atoms with Crippen LogP contribution in [0.15, 0.2) is 51.6 Å². The summed E-state index contributed by atoms with van der Waals surface area (Å²) in [7, 11) is 1.29. The van der Waals surface area contributed by atoms with Crippen molar-refractivity contribution in [2.24, 2.45) is 0 Å². The lowest BCUT2D eigenvalue weighted by Gasteiger charge is -2.15. The second kappa shape index (κ2) is 7.08. The molecule has 0 saturated carbocycles. The molecule has 2 rings (SSSR count). The van der Waals surface area contributed by atoms with E-state index in [4.69, 9.17) is 9.15 Å². The van der Waals surface area contributed by atoms with Gasteiger partial charge in [0.15, 0.2) is 10.4 Å². The smallest absolute Gasteiger partial charge is 0.328 e. The van der Waals surface area contributed by atoms with E-state index >= 15 is 0 Å². The van der Waals surface area contributed by atoms with E-state index in [0.29, 0.717) is 11.1 Å². The first-order valence-electron chi connectivity index (χ1n) is 6.28. The molecule has 21 heavy (non-hydrogen) atoms. The average Bonchev–Trinajstić information content (AvgIpc) is 2.93. The second-order valence-corrected chi connectivity index (χ2v) is 5.12. The van der Waals surface area contributed by atoms with Gasteiger partial charge >= 0.3 is 5.97 Å². The number of furan rings is 1. The molecule has 0 aliphatic heterocycles. The fraction of sp³-hybridized carbons (Fsp3) is 0.200. The number of carbonyl (C=O) groups is 2. The van der Waals surface area contributed by atoms with Gasteiger partial charge in [-0.1, -0.05) is 30.3 Å². The molecular formula is C15H14BrNO4. The normalized spacial score (nSPS) is 11.7. The Hall–Kier alpha value is -2.08. The molecule has 6 heteroatoms. The number of benzene rings is 1. The van der Waals surface area contributed by atoms with Crippen LogP contribution in [0.3, 0.4) is 0 Å². The van der Waals surface area contributed by atoms with Crippen LogP contribution in [-0.2, 0) is 16.0 Å². The summed E-state index contributed by atoms with van der Waals surface area (Å²) >= 11 is 3.12. The lowest BCUT2D eigenvalue weighted by molar-refractivity contribution is -0.142. The molecule has 5 nitrogen and oxygen atoms in total. The van der Waals surface area contributed by atoms with E-state index in [1.54, 1.807) is 6.07 Å². The van der Waals surface area contributed by atoms with Gasteiger partial charge in [0.25, 0.3) is 5.91 Å². The zero-order chi connectivity index (χ0) is 15.2. The molecule has 1 aromatic carbocycles. The maximum Gasteiger partial charge on any atom is 0.328 e. The first-order chi connectivity index (χ1) is 10.1. The van der Waals surface area contributed by atoms with Crippen molar-refractivity contribution in [3.63, 3.8) is 0 Å². The summed E-state index contributed by atoms with van der Waals surface area (Å²) in [6.45, 7) is 0. The van der Waals surface area contributed by atoms with Crippen molar-refractivity contribution in [1.82, 2.24) is 5.32 Å². The summed E-state index contributed by atoms with van der Waals surface area (Å²) < 4.78 is 10.3. The Morgan fingerprint density at radius 2 is 1.95 bits per heavy atom. The molecular weight excluding hydrogens is 338 g/mol. The molecule has 0 aliphatic carbocycles. The molecule has 1 amide bonds. The predicted octanol–water partition coefficient (Wildman–Crippen LogP) is 2.56. The standard InChI is InChI=1S/C15H14BrNO4/c1-20-15(19)11(9-10-5-3-2-4-6-10)17-14(18)12-7-8-13(16)21-12/h2-8,11H,9H2,1H3,(H,17,18)/t11-/m0/s1. The number of methoxy groups -OCH3 is 1. The lowest BCUT2D eigenvalue weighted by atomic mass is 10.1. The number of hydrogen-bond acceptors (Lipinski definition) is 4. The van der Waals surface area contributed by atoms with Gasteiger partial charge in [0.1, 0.15) is 6.04 Å². The molecule has 1 heterocycles. The maximum absolute atomic E-state index is 12.0. The molecule has 1 atom stereocenters. The highest BCUT2D eigenvalue weighted by atomic mass is 79.9. The minimum atomic E-state index is -0.770. The highest BCUT2D eigenvalue weighted by molar-refractivity contribution is 9.10. The Kier molecular flexibility index (Phi) is 5.16. The molecule has 1 N–H and O–H groups in total. The van der Waals surface area contributed by atoms with Crippen LogP contribution >= 0.6 is 15.9 Å². The van der Waals surface area contributed by atoms with Crippen LogP contribution in [0.2, 0.25) is 0 Å². The van der Waals surface area contributed by atoms with Crippen molar-refractivity contribution < 1.29 is 18.7 Å². The highest BCUT2D eigenvalue weighted by Gasteiger charge is 2.23. The largest absolute Gasteiger partial charge is 0.467 e. The molecule has 0 saturated heterocycles. The van der Waals surface area contributed by atoms with Gasteiger partial charge < -0.3 is 14.5 Å². The van der Waals surface area contributed by atoms with Gasteiger partial charge in [-0.2, -0.15) is 0 Å². The van der Waals surface area contributed by atoms with E-state index in [9.17, 15) is 9.59 Å². The van der Waals surface area contributed by atoms with Gasteiger partial charge in [-0.25, -0.2) is 4.79 Å². The zero-order valence-electron chi connectivity index (χ0n) is 11.3. The van der Waals surface area contributed by atoms with E-state index in [0.717, 1.165) is 5.56 Å². The summed E-state index contributed by atoms with van der Waals surface area (Å²) in [5.74, 6) is -0.839. The van der Waals surface area contributed by atoms with Gasteiger partial charge in [0.2, 0.25) is 0 Å². The Balaban J connectivity index is 2.09. The average molecular weight is 352 g/mol. The number of carbonyl (C=O) groups excluding carboxylic acids is 2. The summed E-state index contributed by atoms with van der Waals surface area (Å²) in [4.78, 5) is 23.9. The number of amides is 1. The fourth-order valence-electron chi connectivity index (χ4n) is 1.85. The maximum atomic E-state index is 12.0. The number of halogens is 1. The third-order valence-electron chi connectivity index (χ3n) is 2.87. The van der Waals surface area contributed by atoms with Crippen molar-refractivity contribution in [3.05, 3.63) is 58.5 Å². The van der Waals surface area contributed by atoms with Crippen LogP contribution in [0.1, 0.15) is 16.1 Å². The highest BCUT2D eigenvalue weighted by Crippen LogP contribution is 2.14. The van der Waals surface area contributed by atoms with Crippen molar-refractivity contribution in [2.75, 3.05) is 7.11 Å². The van der Waals surface area contributed by atoms with Gasteiger partial charge in [-0.3, -0.25) is 4.79 Å². The molecule has 0 fully saturated rings. The minimum absolute atomic E-state index is 0.129. The monoisotopic (exact) mass is 351 g/mol. The van der Waals surface area contributed by atoms with Crippen LogP contribution in [0.4, 0.5) is 0 Å². The lowest BCUT2D eigenvalue weighted by Crippen LogP contribution is -2.42. The molecule has 0 spiro atoms. The van der Waals surface area contributed by atoms with Gasteiger partial charge in [-0.15, -0.1) is 0 Å². The topological polar surface area (TPSA) is 68.5 Å². The van der Waals surface area contributed by atoms with E-state index in [1.807, 2.05) is 30.3 Å². The van der Waals surface area contributed by atoms with E-state index < -0.39 is 17.9 Å². The summed E-state index contributed by atoms with van der Waals surface area (Å²) in [6, 6.07) is 11.8. The molecule has 0 unspecified atom stereocenters. The van der Waals surface area contributed by atoms with Gasteiger partial charge in [0, 0.05) is 6.42 Å². The number of hydrogen-bond donors (Lipinski definition) is 1. The molecule has 0 aliphatic rings. The number of nitrogens with one attached hydrogen (secondary N) is 1. The SMILES string of the molecule is COC(=O)[C@H](Cc1ccccc1)NC(=O)c1ccc(Br)o1. The van der Waals surface area contributed by atoms with Gasteiger partial charge in [-0.05, 0) is 33.6 Å². The number of esters is 1. The van der Waals surface area contributed by atoms with Gasteiger partial charge in [0.05, 0.1) is 7.11 Å². The van der Waals surface area contributed by atoms with Crippen molar-refractivity contribution >= 4 is 27.8 Å². The Morgan fingerprint density at radius 3 is 2.52 bits per heavy atom. The molecule has 110 valence electrons. The van der Waals surface area contributed by atoms with Crippen molar-refractivity contribution in [3.8, 4) is 0 Å². The predicted molar refractivity (Wildman–Crippen MR) is 79.8 cm³/mol. The molecule has 2 aromatic rings. The van der Waals surface area contributed by atoms with Crippen LogP contribution in [0.5, 0.6) is 0 Å². The third-order valence-corrected chi connectivity index (χ3v) is 3.30. The molecule has 1 aromatic heterocycles. The Morgan fingerprint density at radius 1 is 1.24 bits per heavy atom. The first-order valence-corrected chi connectivity index (χ1v) is 7.07.